The summed E-state index contributed by atoms with van der Waals surface area (Å²) >= 11 is 0. The predicted octanol–water partition coefficient (Wildman–Crippen LogP) is 2.92. The number of nitrogens with zero attached hydrogens (tertiary/aromatic N) is 5. The number of hydrogen-bond acceptors (Lipinski definition) is 9. The van der Waals surface area contributed by atoms with Crippen LogP contribution in [0.2, 0.25) is 0 Å². The van der Waals surface area contributed by atoms with Crippen molar-refractivity contribution in [3.05, 3.63) is 53.9 Å². The molecule has 0 aliphatic carbocycles. The molecule has 220 valence electrons. The zero-order valence-corrected chi connectivity index (χ0v) is 23.9. The molecule has 2 aromatic rings. The smallest absolute Gasteiger partial charge is 0.407 e. The van der Waals surface area contributed by atoms with Crippen molar-refractivity contribution >= 4 is 30.1 Å². The van der Waals surface area contributed by atoms with E-state index < -0.39 is 11.7 Å². The Hall–Kier alpha value is -4.06. The lowest BCUT2D eigenvalue weighted by molar-refractivity contribution is -0.138. The molecule has 0 bridgehead atoms. The van der Waals surface area contributed by atoms with Crippen LogP contribution in [-0.4, -0.2) is 84.1 Å². The number of ether oxygens (including phenoxy) is 2. The molecule has 1 aromatic heterocycles. The summed E-state index contributed by atoms with van der Waals surface area (Å²) in [5.74, 6) is 0.0603. The highest BCUT2D eigenvalue weighted by Gasteiger charge is 2.35. The first-order valence-corrected chi connectivity index (χ1v) is 14.0. The maximum Gasteiger partial charge on any atom is 0.407 e. The van der Waals surface area contributed by atoms with Gasteiger partial charge in [-0.3, -0.25) is 9.59 Å². The number of carbonyl (C=O) groups excluding carboxylic acids is 3. The van der Waals surface area contributed by atoms with Crippen LogP contribution in [0, 0.1) is 5.92 Å². The molecule has 2 aliphatic heterocycles. The van der Waals surface area contributed by atoms with E-state index in [2.05, 4.69) is 25.7 Å². The quantitative estimate of drug-likeness (QED) is 0.420. The third kappa shape index (κ3) is 8.71. The minimum absolute atomic E-state index is 0.0455. The van der Waals surface area contributed by atoms with Gasteiger partial charge in [-0.2, -0.15) is 5.10 Å². The Morgan fingerprint density at radius 2 is 1.71 bits per heavy atom. The number of alkyl carbamates (subject to hydrolysis) is 1. The van der Waals surface area contributed by atoms with Gasteiger partial charge >= 0.3 is 6.09 Å². The molecule has 1 unspecified atom stereocenters. The van der Waals surface area contributed by atoms with Gasteiger partial charge in [0.2, 0.25) is 11.9 Å². The van der Waals surface area contributed by atoms with Crippen LogP contribution in [0.25, 0.3) is 0 Å². The van der Waals surface area contributed by atoms with Gasteiger partial charge in [-0.25, -0.2) is 19.8 Å². The predicted molar refractivity (Wildman–Crippen MR) is 153 cm³/mol. The second kappa shape index (κ2) is 14.0. The largest absolute Gasteiger partial charge is 0.444 e. The molecule has 2 N–H and O–H groups in total. The molecule has 1 fully saturated rings. The number of anilines is 1. The van der Waals surface area contributed by atoms with Gasteiger partial charge in [0.1, 0.15) is 11.3 Å². The van der Waals surface area contributed by atoms with Gasteiger partial charge in [0.05, 0.1) is 19.3 Å². The van der Waals surface area contributed by atoms with Crippen LogP contribution in [-0.2, 0) is 14.3 Å². The average Bonchev–Trinajstić information content (AvgIpc) is 3.46. The fourth-order valence-electron chi connectivity index (χ4n) is 4.69. The molecule has 0 spiro atoms. The Bertz CT molecular complexity index is 1210. The van der Waals surface area contributed by atoms with Crippen molar-refractivity contribution in [1.82, 2.24) is 25.6 Å². The molecule has 0 saturated carbocycles. The summed E-state index contributed by atoms with van der Waals surface area (Å²) in [5.41, 5.74) is 0.791. The van der Waals surface area contributed by atoms with Crippen LogP contribution in [0.3, 0.4) is 0 Å². The van der Waals surface area contributed by atoms with E-state index in [0.29, 0.717) is 58.0 Å². The monoisotopic (exact) mass is 565 g/mol. The second-order valence-corrected chi connectivity index (χ2v) is 10.9. The van der Waals surface area contributed by atoms with E-state index in [4.69, 9.17) is 9.47 Å². The Morgan fingerprint density at radius 3 is 2.41 bits per heavy atom. The SMILES string of the molecule is CC(C)(C)OC(=O)NCCOCCNC(=O)c1ccnc(N2CCC(C(=O)N3N=CCC3c3ccccc3)CC2)n1. The Kier molecular flexibility index (Phi) is 10.2. The van der Waals surface area contributed by atoms with Crippen molar-refractivity contribution in [2.24, 2.45) is 11.0 Å². The summed E-state index contributed by atoms with van der Waals surface area (Å²) in [6.07, 6.45) is 4.91. The standard InChI is InChI=1S/C29H39N7O5/c1-29(2,3)41-28(39)32-16-20-40-19-15-30-25(37)23-9-13-31-27(34-23)35-17-11-22(12-18-35)26(38)36-24(10-14-33-36)21-7-5-4-6-8-21/h4-9,13-14,22,24H,10-12,15-20H2,1-3H3,(H,30,37)(H,32,39). The summed E-state index contributed by atoms with van der Waals surface area (Å²) in [5, 5.41) is 11.4. The third-order valence-electron chi connectivity index (χ3n) is 6.69. The Labute approximate surface area is 240 Å². The summed E-state index contributed by atoms with van der Waals surface area (Å²) in [4.78, 5) is 48.4. The minimum atomic E-state index is -0.554. The lowest BCUT2D eigenvalue weighted by Gasteiger charge is -2.33. The van der Waals surface area contributed by atoms with Crippen LogP contribution in [0.4, 0.5) is 10.7 Å². The molecule has 1 aromatic carbocycles. The van der Waals surface area contributed by atoms with E-state index in [1.807, 2.05) is 41.4 Å². The van der Waals surface area contributed by atoms with Crippen LogP contribution in [0.15, 0.2) is 47.7 Å². The van der Waals surface area contributed by atoms with Crippen molar-refractivity contribution < 1.29 is 23.9 Å². The zero-order valence-electron chi connectivity index (χ0n) is 23.9. The Balaban J connectivity index is 1.18. The van der Waals surface area contributed by atoms with E-state index in [1.54, 1.807) is 38.0 Å². The van der Waals surface area contributed by atoms with E-state index in [9.17, 15) is 14.4 Å². The number of amides is 3. The van der Waals surface area contributed by atoms with Crippen molar-refractivity contribution in [3.8, 4) is 0 Å². The highest BCUT2D eigenvalue weighted by molar-refractivity contribution is 5.92. The van der Waals surface area contributed by atoms with Gasteiger partial charge in [0.15, 0.2) is 0 Å². The Morgan fingerprint density at radius 1 is 1.00 bits per heavy atom. The second-order valence-electron chi connectivity index (χ2n) is 10.9. The summed E-state index contributed by atoms with van der Waals surface area (Å²) < 4.78 is 10.6. The molecule has 0 radical (unpaired) electrons. The van der Waals surface area contributed by atoms with Crippen molar-refractivity contribution in [1.29, 1.82) is 0 Å². The molecule has 3 heterocycles. The molecular weight excluding hydrogens is 526 g/mol. The van der Waals surface area contributed by atoms with E-state index >= 15 is 0 Å². The topological polar surface area (TPSA) is 138 Å². The van der Waals surface area contributed by atoms with Gasteiger partial charge in [-0.05, 0) is 45.2 Å². The van der Waals surface area contributed by atoms with Crippen LogP contribution < -0.4 is 15.5 Å². The fraction of sp³-hybridized carbons (Fsp3) is 0.517. The maximum absolute atomic E-state index is 13.3. The highest BCUT2D eigenvalue weighted by atomic mass is 16.6. The number of hydrazone groups is 1. The van der Waals surface area contributed by atoms with Crippen LogP contribution in [0.5, 0.6) is 0 Å². The molecule has 4 rings (SSSR count). The van der Waals surface area contributed by atoms with Gasteiger partial charge in [-0.1, -0.05) is 30.3 Å². The van der Waals surface area contributed by atoms with Gasteiger partial charge in [0.25, 0.3) is 5.91 Å². The molecule has 1 saturated heterocycles. The number of benzene rings is 1. The van der Waals surface area contributed by atoms with E-state index in [1.165, 1.54) is 0 Å². The molecule has 1 atom stereocenters. The van der Waals surface area contributed by atoms with E-state index in [0.717, 1.165) is 5.56 Å². The van der Waals surface area contributed by atoms with Crippen molar-refractivity contribution in [2.75, 3.05) is 44.3 Å². The van der Waals surface area contributed by atoms with Gasteiger partial charge in [0, 0.05) is 50.9 Å². The van der Waals surface area contributed by atoms with Crippen molar-refractivity contribution in [3.63, 3.8) is 0 Å². The first-order valence-electron chi connectivity index (χ1n) is 14.0. The number of nitrogens with one attached hydrogen (secondary N) is 2. The minimum Gasteiger partial charge on any atom is -0.444 e. The fourth-order valence-corrected chi connectivity index (χ4v) is 4.69. The number of aromatic nitrogens is 2. The molecule has 12 heteroatoms. The third-order valence-corrected chi connectivity index (χ3v) is 6.69. The lowest BCUT2D eigenvalue weighted by atomic mass is 9.94. The molecule has 2 aliphatic rings. The molecule has 41 heavy (non-hydrogen) atoms. The van der Waals surface area contributed by atoms with Crippen molar-refractivity contribution in [2.45, 2.75) is 51.7 Å². The van der Waals surface area contributed by atoms with Gasteiger partial charge in [-0.15, -0.1) is 0 Å². The van der Waals surface area contributed by atoms with Gasteiger partial charge < -0.3 is 25.0 Å². The molecule has 12 nitrogen and oxygen atoms in total. The first kappa shape index (κ1) is 29.9. The number of carbonyl (C=O) groups is 3. The van der Waals surface area contributed by atoms with Crippen LogP contribution >= 0.6 is 0 Å². The summed E-state index contributed by atoms with van der Waals surface area (Å²) in [7, 11) is 0. The summed E-state index contributed by atoms with van der Waals surface area (Å²) in [6.45, 7) is 7.79. The van der Waals surface area contributed by atoms with E-state index in [-0.39, 0.29) is 36.1 Å². The highest BCUT2D eigenvalue weighted by Crippen LogP contribution is 2.32. The van der Waals surface area contributed by atoms with Crippen LogP contribution in [0.1, 0.15) is 62.1 Å². The molecular formula is C29H39N7O5. The normalized spacial score (nSPS) is 17.4. The lowest BCUT2D eigenvalue weighted by Crippen LogP contribution is -2.41. The molecule has 3 amide bonds. The zero-order chi connectivity index (χ0) is 29.2. The first-order chi connectivity index (χ1) is 19.7. The number of hydrogen-bond donors (Lipinski definition) is 2. The summed E-state index contributed by atoms with van der Waals surface area (Å²) in [6, 6.07) is 11.5. The maximum atomic E-state index is 13.3. The number of piperidine rings is 1. The average molecular weight is 566 g/mol. The number of rotatable bonds is 10.